The molecule has 0 amide bonds. The Labute approximate surface area is 81.9 Å². The maximum Gasteiger partial charge on any atom is 0.111 e. The van der Waals surface area contributed by atoms with Gasteiger partial charge < -0.3 is 26.2 Å². The molecule has 0 bridgehead atoms. The Balaban J connectivity index is 0.00000144. The summed E-state index contributed by atoms with van der Waals surface area (Å²) in [4.78, 5) is 0. The highest BCUT2D eigenvalue weighted by molar-refractivity contribution is 5.85. The third kappa shape index (κ3) is 2.40. The van der Waals surface area contributed by atoms with E-state index in [-0.39, 0.29) is 24.6 Å². The largest absolute Gasteiger partial charge is 0.392 e. The van der Waals surface area contributed by atoms with Crippen molar-refractivity contribution in [3.05, 3.63) is 11.6 Å². The maximum atomic E-state index is 9.23. The molecule has 0 saturated heterocycles. The number of rotatable bonds is 1. The molecule has 1 aliphatic carbocycles. The van der Waals surface area contributed by atoms with Gasteiger partial charge in [0.1, 0.15) is 18.3 Å². The van der Waals surface area contributed by atoms with Crippen LogP contribution in [0.15, 0.2) is 11.6 Å². The van der Waals surface area contributed by atoms with Crippen molar-refractivity contribution in [2.75, 3.05) is 6.61 Å². The predicted octanol–water partition coefficient (Wildman–Crippen LogP) is -2.25. The van der Waals surface area contributed by atoms with Gasteiger partial charge in [-0.3, -0.25) is 0 Å². The summed E-state index contributed by atoms with van der Waals surface area (Å²) in [6.07, 6.45) is -2.34. The Hall–Kier alpha value is -0.170. The topological polar surface area (TPSA) is 107 Å². The monoisotopic (exact) mass is 211 g/mol. The Morgan fingerprint density at radius 1 is 1.23 bits per heavy atom. The number of hydrogen-bond donors (Lipinski definition) is 5. The first-order valence-electron chi connectivity index (χ1n) is 3.69. The van der Waals surface area contributed by atoms with Crippen LogP contribution in [-0.4, -0.2) is 51.4 Å². The van der Waals surface area contributed by atoms with Crippen LogP contribution in [0.3, 0.4) is 0 Å². The molecule has 1 rings (SSSR count). The van der Waals surface area contributed by atoms with Crippen LogP contribution in [0, 0.1) is 0 Å². The van der Waals surface area contributed by atoms with E-state index >= 15 is 0 Å². The first kappa shape index (κ1) is 12.8. The molecule has 13 heavy (non-hydrogen) atoms. The van der Waals surface area contributed by atoms with E-state index in [9.17, 15) is 10.2 Å². The van der Waals surface area contributed by atoms with E-state index in [1.807, 2.05) is 0 Å². The summed E-state index contributed by atoms with van der Waals surface area (Å²) >= 11 is 0. The van der Waals surface area contributed by atoms with E-state index in [1.54, 1.807) is 0 Å². The second-order valence-corrected chi connectivity index (χ2v) is 2.90. The second-order valence-electron chi connectivity index (χ2n) is 2.90. The Morgan fingerprint density at radius 3 is 2.23 bits per heavy atom. The summed E-state index contributed by atoms with van der Waals surface area (Å²) in [5, 5.41) is 36.3. The number of halogens is 1. The third-order valence-corrected chi connectivity index (χ3v) is 2.04. The Bertz CT molecular complexity index is 199. The lowest BCUT2D eigenvalue weighted by molar-refractivity contribution is -0.0596. The number of aliphatic hydroxyl groups excluding tert-OH is 4. The number of aliphatic hydroxyl groups is 4. The molecule has 0 heterocycles. The van der Waals surface area contributed by atoms with Crippen LogP contribution in [0.1, 0.15) is 0 Å². The molecule has 6 N–H and O–H groups in total. The summed E-state index contributed by atoms with van der Waals surface area (Å²) in [6, 6.07) is -0.731. The SMILES string of the molecule is Cl.N[C@@H]1C=C(CO)[C@H](O)[C@@H](O)[C@@H]1O. The fraction of sp³-hybridized carbons (Fsp3) is 0.714. The van der Waals surface area contributed by atoms with Crippen LogP contribution in [0.5, 0.6) is 0 Å². The molecule has 0 aromatic rings. The van der Waals surface area contributed by atoms with Crippen molar-refractivity contribution in [1.29, 1.82) is 0 Å². The zero-order valence-electron chi connectivity index (χ0n) is 6.87. The molecule has 0 aromatic heterocycles. The molecular formula is C7H14ClNO4. The first-order chi connectivity index (χ1) is 5.57. The highest BCUT2D eigenvalue weighted by Crippen LogP contribution is 2.18. The van der Waals surface area contributed by atoms with E-state index in [4.69, 9.17) is 15.9 Å². The van der Waals surface area contributed by atoms with Crippen molar-refractivity contribution in [2.45, 2.75) is 24.4 Å². The smallest absolute Gasteiger partial charge is 0.111 e. The molecule has 0 unspecified atom stereocenters. The summed E-state index contributed by atoms with van der Waals surface area (Å²) in [5.41, 5.74) is 5.64. The molecular weight excluding hydrogens is 198 g/mol. The van der Waals surface area contributed by atoms with Gasteiger partial charge in [-0.25, -0.2) is 0 Å². The molecule has 0 fully saturated rings. The quantitative estimate of drug-likeness (QED) is 0.315. The van der Waals surface area contributed by atoms with Crippen LogP contribution in [-0.2, 0) is 0 Å². The maximum absolute atomic E-state index is 9.23. The van der Waals surface area contributed by atoms with Crippen molar-refractivity contribution in [3.8, 4) is 0 Å². The van der Waals surface area contributed by atoms with Crippen LogP contribution in [0.2, 0.25) is 0 Å². The van der Waals surface area contributed by atoms with Crippen LogP contribution < -0.4 is 5.73 Å². The number of hydrogen-bond acceptors (Lipinski definition) is 5. The summed E-state index contributed by atoms with van der Waals surface area (Å²) in [7, 11) is 0. The van der Waals surface area contributed by atoms with Crippen molar-refractivity contribution < 1.29 is 20.4 Å². The van der Waals surface area contributed by atoms with Gasteiger partial charge in [0.25, 0.3) is 0 Å². The highest BCUT2D eigenvalue weighted by Gasteiger charge is 2.34. The van der Waals surface area contributed by atoms with Crippen molar-refractivity contribution in [2.24, 2.45) is 5.73 Å². The van der Waals surface area contributed by atoms with E-state index in [0.717, 1.165) is 0 Å². The lowest BCUT2D eigenvalue weighted by Crippen LogP contribution is -2.52. The van der Waals surface area contributed by atoms with Crippen molar-refractivity contribution in [3.63, 3.8) is 0 Å². The predicted molar refractivity (Wildman–Crippen MR) is 48.4 cm³/mol. The lowest BCUT2D eigenvalue weighted by Gasteiger charge is -2.32. The summed E-state index contributed by atoms with van der Waals surface area (Å²) < 4.78 is 0. The molecule has 5 nitrogen and oxygen atoms in total. The molecule has 4 atom stereocenters. The fourth-order valence-corrected chi connectivity index (χ4v) is 1.22. The lowest BCUT2D eigenvalue weighted by atomic mass is 9.89. The van der Waals surface area contributed by atoms with Gasteiger partial charge in [0, 0.05) is 0 Å². The standard InChI is InChI=1S/C7H13NO4.ClH/c8-4-1-3(2-9)5(10)7(12)6(4)11;/h1,4-7,9-12H,2,8H2;1H/t4-,5+,6-,7-;/m1./s1. The minimum Gasteiger partial charge on any atom is -0.392 e. The summed E-state index contributed by atoms with van der Waals surface area (Å²) in [5.74, 6) is 0. The Kier molecular flexibility index (Phi) is 4.83. The van der Waals surface area contributed by atoms with E-state index < -0.39 is 24.4 Å². The van der Waals surface area contributed by atoms with Gasteiger partial charge in [-0.15, -0.1) is 12.4 Å². The van der Waals surface area contributed by atoms with E-state index in [1.165, 1.54) is 6.08 Å². The minimum atomic E-state index is -1.31. The van der Waals surface area contributed by atoms with Crippen LogP contribution in [0.4, 0.5) is 0 Å². The highest BCUT2D eigenvalue weighted by atomic mass is 35.5. The van der Waals surface area contributed by atoms with Gasteiger partial charge in [0.15, 0.2) is 0 Å². The van der Waals surface area contributed by atoms with Gasteiger partial charge in [-0.2, -0.15) is 0 Å². The zero-order chi connectivity index (χ0) is 9.30. The van der Waals surface area contributed by atoms with Crippen LogP contribution in [0.25, 0.3) is 0 Å². The van der Waals surface area contributed by atoms with Crippen LogP contribution >= 0.6 is 12.4 Å². The molecule has 0 aliphatic heterocycles. The average molecular weight is 212 g/mol. The normalized spacial score (nSPS) is 39.3. The second kappa shape index (κ2) is 4.90. The zero-order valence-corrected chi connectivity index (χ0v) is 7.68. The molecule has 0 aromatic carbocycles. The molecule has 6 heteroatoms. The number of nitrogens with two attached hydrogens (primary N) is 1. The van der Waals surface area contributed by atoms with Gasteiger partial charge in [0.2, 0.25) is 0 Å². The van der Waals surface area contributed by atoms with Gasteiger partial charge in [-0.1, -0.05) is 6.08 Å². The van der Waals surface area contributed by atoms with Gasteiger partial charge in [-0.05, 0) is 5.57 Å². The van der Waals surface area contributed by atoms with E-state index in [0.29, 0.717) is 0 Å². The van der Waals surface area contributed by atoms with Crippen molar-refractivity contribution >= 4 is 12.4 Å². The molecule has 78 valence electrons. The minimum absolute atomic E-state index is 0. The fourth-order valence-electron chi connectivity index (χ4n) is 1.22. The molecule has 0 spiro atoms. The van der Waals surface area contributed by atoms with Gasteiger partial charge in [0.05, 0.1) is 12.6 Å². The Morgan fingerprint density at radius 2 is 1.77 bits per heavy atom. The third-order valence-electron chi connectivity index (χ3n) is 2.04. The first-order valence-corrected chi connectivity index (χ1v) is 3.69. The summed E-state index contributed by atoms with van der Waals surface area (Å²) in [6.45, 7) is -0.362. The molecule has 1 aliphatic rings. The van der Waals surface area contributed by atoms with E-state index in [2.05, 4.69) is 0 Å². The van der Waals surface area contributed by atoms with Gasteiger partial charge >= 0.3 is 0 Å². The molecule has 0 saturated carbocycles. The van der Waals surface area contributed by atoms with Crippen molar-refractivity contribution in [1.82, 2.24) is 0 Å². The average Bonchev–Trinajstić information content (AvgIpc) is 2.08. The molecule has 0 radical (unpaired) electrons.